The van der Waals surface area contributed by atoms with E-state index in [0.29, 0.717) is 39.6 Å². The van der Waals surface area contributed by atoms with E-state index in [1.165, 1.54) is 245 Å². The zero-order valence-electron chi connectivity index (χ0n) is 57.7. The van der Waals surface area contributed by atoms with Crippen LogP contribution in [0.4, 0.5) is 0 Å². The highest BCUT2D eigenvalue weighted by molar-refractivity contribution is 7.33. The van der Waals surface area contributed by atoms with Crippen molar-refractivity contribution in [2.75, 3.05) is 39.6 Å². The Balaban J connectivity index is 1.10. The first-order chi connectivity index (χ1) is 45.1. The van der Waals surface area contributed by atoms with Crippen molar-refractivity contribution in [3.8, 4) is 68.3 Å². The molecular formula is C76H110O6S8Si2. The lowest BCUT2D eigenvalue weighted by Crippen LogP contribution is -2.55. The zero-order valence-corrected chi connectivity index (χ0v) is 66.2. The van der Waals surface area contributed by atoms with Gasteiger partial charge in [0.05, 0.1) is 9.00 Å². The van der Waals surface area contributed by atoms with Crippen LogP contribution in [0.25, 0.3) is 68.3 Å². The summed E-state index contributed by atoms with van der Waals surface area (Å²) >= 11 is 15.6. The maximum absolute atomic E-state index is 6.51. The van der Waals surface area contributed by atoms with E-state index in [1.807, 2.05) is 90.7 Å². The Morgan fingerprint density at radius 2 is 0.446 bits per heavy atom. The molecule has 0 aliphatic rings. The van der Waals surface area contributed by atoms with Crippen molar-refractivity contribution in [2.45, 2.75) is 249 Å². The molecule has 0 N–H and O–H groups in total. The van der Waals surface area contributed by atoms with Gasteiger partial charge in [-0.1, -0.05) is 156 Å². The number of hydrogen-bond donors (Lipinski definition) is 0. The van der Waals surface area contributed by atoms with Crippen molar-refractivity contribution >= 4 is 117 Å². The Hall–Kier alpha value is -2.21. The van der Waals surface area contributed by atoms with E-state index in [2.05, 4.69) is 142 Å². The highest BCUT2D eigenvalue weighted by Crippen LogP contribution is 2.51. The summed E-state index contributed by atoms with van der Waals surface area (Å²) in [7, 11) is -6.14. The number of unbranched alkanes of at least 4 members (excludes halogenated alkanes) is 20. The van der Waals surface area contributed by atoms with Gasteiger partial charge in [-0.15, -0.1) is 90.7 Å². The molecule has 0 fully saturated rings. The third kappa shape index (κ3) is 20.9. The lowest BCUT2D eigenvalue weighted by atomic mass is 10.0. The molecule has 0 aliphatic heterocycles. The normalized spacial score (nSPS) is 12.2. The van der Waals surface area contributed by atoms with E-state index in [1.54, 1.807) is 0 Å². The summed E-state index contributed by atoms with van der Waals surface area (Å²) < 4.78 is 41.3. The molecule has 0 radical (unpaired) electrons. The van der Waals surface area contributed by atoms with Crippen LogP contribution in [0.3, 0.4) is 0 Å². The largest absolute Gasteiger partial charge is 0.547 e. The average molecular weight is 1430 g/mol. The summed E-state index contributed by atoms with van der Waals surface area (Å²) in [6.07, 6.45) is 35.3. The van der Waals surface area contributed by atoms with Crippen molar-refractivity contribution in [2.24, 2.45) is 0 Å². The van der Waals surface area contributed by atoms with Gasteiger partial charge in [-0.3, -0.25) is 0 Å². The minimum Gasteiger partial charge on any atom is -0.370 e. The van der Waals surface area contributed by atoms with Gasteiger partial charge in [-0.2, -0.15) is 0 Å². The highest BCUT2D eigenvalue weighted by Gasteiger charge is 2.47. The summed E-state index contributed by atoms with van der Waals surface area (Å²) in [5, 5.41) is 0. The molecular weight excluding hydrogens is 1320 g/mol. The fraction of sp³-hybridized carbons (Fsp3) is 0.579. The van der Waals surface area contributed by atoms with Gasteiger partial charge in [0, 0.05) is 108 Å². The number of rotatable bonds is 49. The van der Waals surface area contributed by atoms with Gasteiger partial charge in [0.15, 0.2) is 0 Å². The Morgan fingerprint density at radius 3 is 0.696 bits per heavy atom. The Bertz CT molecular complexity index is 3080. The lowest BCUT2D eigenvalue weighted by molar-refractivity contribution is 0.0858. The summed E-state index contributed by atoms with van der Waals surface area (Å²) in [5.41, 5.74) is 5.86. The molecule has 8 rings (SSSR count). The first-order valence-corrected chi connectivity index (χ1v) is 45.9. The van der Waals surface area contributed by atoms with Gasteiger partial charge in [0.2, 0.25) is 0 Å². The Labute approximate surface area is 590 Å². The molecule has 8 aromatic heterocycles. The molecule has 0 unspecified atom stereocenters. The van der Waals surface area contributed by atoms with Crippen LogP contribution in [0.15, 0.2) is 72.8 Å². The number of hydrogen-bond acceptors (Lipinski definition) is 14. The minimum absolute atomic E-state index is 0.563. The molecule has 16 heteroatoms. The number of thiophene rings is 8. The maximum Gasteiger partial charge on any atom is 0.547 e. The molecule has 8 aromatic rings. The molecule has 506 valence electrons. The first-order valence-electron chi connectivity index (χ1n) is 35.9. The standard InChI is InChI=1S/C76H110O6S8Si2/c1-11-21-25-29-33-37-41-57-53-69(87-73(57)65-49-45-61(83-65)63-47-51-67(85-63)75-59(43-39-35-31-27-23-13-3)55-71(89-75)91(77-15-5,78-16-6)79-17-7)70-54-58(42-38-34-30-26-22-12-2)74(88-70)66-50-46-62(84-66)64-48-52-68(86-64)76-60(44-40-36-32-28-24-14-4)56-72(90-76)92(80-18-8,81-19-9)82-20-10/h45-56H,11-44H2,1-10H3. The van der Waals surface area contributed by atoms with Gasteiger partial charge >= 0.3 is 17.6 Å². The highest BCUT2D eigenvalue weighted by atomic mass is 32.1. The van der Waals surface area contributed by atoms with Crippen LogP contribution in [0.5, 0.6) is 0 Å². The summed E-state index contributed by atoms with van der Waals surface area (Å²) in [6, 6.07) is 29.1. The van der Waals surface area contributed by atoms with Crippen LogP contribution in [-0.2, 0) is 52.2 Å². The second-order valence-electron chi connectivity index (χ2n) is 24.3. The number of aryl methyl sites for hydroxylation is 4. The van der Waals surface area contributed by atoms with Crippen molar-refractivity contribution < 1.29 is 26.6 Å². The molecule has 0 atom stereocenters. The molecule has 0 aromatic carbocycles. The van der Waals surface area contributed by atoms with Crippen LogP contribution in [0.2, 0.25) is 0 Å². The Kier molecular flexibility index (Phi) is 33.4. The lowest BCUT2D eigenvalue weighted by Gasteiger charge is -2.27. The molecule has 0 amide bonds. The van der Waals surface area contributed by atoms with Crippen molar-refractivity contribution in [3.05, 3.63) is 95.1 Å². The van der Waals surface area contributed by atoms with E-state index in [9.17, 15) is 0 Å². The molecule has 6 nitrogen and oxygen atoms in total. The van der Waals surface area contributed by atoms with Gasteiger partial charge in [0.25, 0.3) is 0 Å². The second-order valence-corrected chi connectivity index (χ2v) is 38.6. The van der Waals surface area contributed by atoms with Gasteiger partial charge in [-0.05, 0) is 188 Å². The topological polar surface area (TPSA) is 55.4 Å². The smallest absolute Gasteiger partial charge is 0.370 e. The fourth-order valence-corrected chi connectivity index (χ4v) is 28.6. The maximum atomic E-state index is 6.51. The van der Waals surface area contributed by atoms with Crippen molar-refractivity contribution in [1.82, 2.24) is 0 Å². The van der Waals surface area contributed by atoms with Gasteiger partial charge in [0.1, 0.15) is 0 Å². The molecule has 0 saturated carbocycles. The minimum atomic E-state index is -3.07. The molecule has 0 aliphatic carbocycles. The zero-order chi connectivity index (χ0) is 65.0. The molecule has 0 spiro atoms. The average Bonchev–Trinajstić information content (AvgIpc) is 1.67. The van der Waals surface area contributed by atoms with E-state index >= 15 is 0 Å². The second kappa shape index (κ2) is 40.6. The van der Waals surface area contributed by atoms with Crippen molar-refractivity contribution in [1.29, 1.82) is 0 Å². The van der Waals surface area contributed by atoms with E-state index in [4.69, 9.17) is 26.6 Å². The molecule has 92 heavy (non-hydrogen) atoms. The predicted octanol–water partition coefficient (Wildman–Crippen LogP) is 26.0. The fourth-order valence-electron chi connectivity index (χ4n) is 12.4. The van der Waals surface area contributed by atoms with Crippen LogP contribution in [0, 0.1) is 0 Å². The van der Waals surface area contributed by atoms with Crippen LogP contribution < -0.4 is 9.00 Å². The SMILES string of the molecule is CCCCCCCCc1cc(-c2cc(CCCCCCCC)c(-c3ccc(-c4ccc(-c5sc([Si](OCC)(OCC)OCC)cc5CCCCCCCC)s4)s3)s2)sc1-c1ccc(-c2ccc(-c3sc([Si](OCC)(OCC)OCC)cc3CCCCCCCC)s2)s1. The predicted molar refractivity (Wildman–Crippen MR) is 416 cm³/mol. The quantitative estimate of drug-likeness (QED) is 0.0280. The van der Waals surface area contributed by atoms with Gasteiger partial charge in [-0.25, -0.2) is 0 Å². The summed E-state index contributed by atoms with van der Waals surface area (Å²) in [5.74, 6) is 0. The van der Waals surface area contributed by atoms with Gasteiger partial charge < -0.3 is 26.6 Å². The first kappa shape index (κ1) is 75.6. The molecule has 0 saturated heterocycles. The van der Waals surface area contributed by atoms with E-state index < -0.39 is 17.6 Å². The summed E-state index contributed by atoms with van der Waals surface area (Å²) in [4.78, 5) is 19.3. The van der Waals surface area contributed by atoms with E-state index in [-0.39, 0.29) is 0 Å². The Morgan fingerprint density at radius 1 is 0.228 bits per heavy atom. The third-order valence-electron chi connectivity index (χ3n) is 17.1. The summed E-state index contributed by atoms with van der Waals surface area (Å²) in [6.45, 7) is 25.0. The molecule has 8 heterocycles. The van der Waals surface area contributed by atoms with Crippen LogP contribution in [-0.4, -0.2) is 57.3 Å². The van der Waals surface area contributed by atoms with Crippen LogP contribution >= 0.6 is 90.7 Å². The van der Waals surface area contributed by atoms with Crippen molar-refractivity contribution in [3.63, 3.8) is 0 Å². The third-order valence-corrected chi connectivity index (χ3v) is 34.7. The molecule has 0 bridgehead atoms. The van der Waals surface area contributed by atoms with Crippen LogP contribution in [0.1, 0.15) is 246 Å². The van der Waals surface area contributed by atoms with E-state index in [0.717, 1.165) is 34.7 Å². The monoisotopic (exact) mass is 1430 g/mol.